The molecule has 4 atom stereocenters. The lowest BCUT2D eigenvalue weighted by Gasteiger charge is -2.25. The first-order valence-electron chi connectivity index (χ1n) is 4.04. The number of carbonyl (C=O) groups excluding carboxylic acids is 1. The topological polar surface area (TPSA) is 176 Å². The molecular formula is C6H13O9P. The van der Waals surface area contributed by atoms with Gasteiger partial charge in [0.25, 0.3) is 0 Å². The second kappa shape index (κ2) is 5.80. The van der Waals surface area contributed by atoms with Crippen molar-refractivity contribution in [1.82, 2.24) is 0 Å². The van der Waals surface area contributed by atoms with Gasteiger partial charge in [0.05, 0.1) is 0 Å². The van der Waals surface area contributed by atoms with Crippen LogP contribution in [0.5, 0.6) is 0 Å². The summed E-state index contributed by atoms with van der Waals surface area (Å²) in [5.74, 6) is -3.90. The van der Waals surface area contributed by atoms with Crippen LogP contribution in [0, 0.1) is 0 Å². The fourth-order valence-electron chi connectivity index (χ4n) is 0.846. The van der Waals surface area contributed by atoms with E-state index in [1.165, 1.54) is 0 Å². The summed E-state index contributed by atoms with van der Waals surface area (Å²) in [7, 11) is -5.08. The monoisotopic (exact) mass is 260 g/mol. The summed E-state index contributed by atoms with van der Waals surface area (Å²) < 4.78 is 10.5. The average Bonchev–Trinajstić information content (AvgIpc) is 2.22. The van der Waals surface area contributed by atoms with Crippen molar-refractivity contribution < 1.29 is 44.7 Å². The van der Waals surface area contributed by atoms with E-state index >= 15 is 0 Å². The first-order chi connectivity index (χ1) is 7.12. The van der Waals surface area contributed by atoms with Crippen molar-refractivity contribution >= 4 is 13.4 Å². The Balaban J connectivity index is 4.67. The summed E-state index contributed by atoms with van der Waals surface area (Å²) in [5.41, 5.74) is 0. The molecule has 7 N–H and O–H groups in total. The Morgan fingerprint density at radius 3 is 1.81 bits per heavy atom. The van der Waals surface area contributed by atoms with Crippen molar-refractivity contribution in [2.75, 3.05) is 6.61 Å². The molecule has 0 bridgehead atoms. The standard InChI is InChI=1S/C6H13O9P/c7-1-2(8)3(9)4(10)5(11)6(12)16(13,14)15/h3-7,9-12H,1H2,(H2,13,14,15)/t3-,4+,5+,6?/m1/s1. The molecule has 0 radical (unpaired) electrons. The quantitative estimate of drug-likeness (QED) is 0.235. The number of Topliss-reactive ketones (excluding diaryl/α,β-unsaturated/α-hetero) is 1. The van der Waals surface area contributed by atoms with E-state index in [9.17, 15) is 9.36 Å². The Morgan fingerprint density at radius 2 is 1.50 bits per heavy atom. The molecule has 0 aromatic carbocycles. The van der Waals surface area contributed by atoms with E-state index in [1.54, 1.807) is 0 Å². The van der Waals surface area contributed by atoms with Crippen LogP contribution in [-0.4, -0.2) is 71.9 Å². The molecule has 1 unspecified atom stereocenters. The van der Waals surface area contributed by atoms with Gasteiger partial charge >= 0.3 is 7.60 Å². The molecule has 10 heteroatoms. The van der Waals surface area contributed by atoms with Crippen LogP contribution >= 0.6 is 7.60 Å². The number of aliphatic hydroxyl groups is 5. The summed E-state index contributed by atoms with van der Waals surface area (Å²) in [4.78, 5) is 27.6. The van der Waals surface area contributed by atoms with Gasteiger partial charge in [-0.25, -0.2) is 0 Å². The Labute approximate surface area is 89.7 Å². The molecule has 0 saturated heterocycles. The fourth-order valence-corrected chi connectivity index (χ4v) is 1.42. The minimum atomic E-state index is -5.08. The molecule has 0 aliphatic heterocycles. The largest absolute Gasteiger partial charge is 0.388 e. The SMILES string of the molecule is O=C(CO)[C@@H](O)[C@H](O)[C@H](O)C(O)P(=O)(O)O. The van der Waals surface area contributed by atoms with Gasteiger partial charge in [0.15, 0.2) is 11.6 Å². The zero-order valence-electron chi connectivity index (χ0n) is 7.91. The fraction of sp³-hybridized carbons (Fsp3) is 0.833. The summed E-state index contributed by atoms with van der Waals surface area (Å²) in [6.07, 6.45) is -6.99. The normalized spacial score (nSPS) is 19.9. The van der Waals surface area contributed by atoms with Crippen LogP contribution in [0.1, 0.15) is 0 Å². The molecular weight excluding hydrogens is 247 g/mol. The number of carbonyl (C=O) groups is 1. The Kier molecular flexibility index (Phi) is 5.66. The molecule has 0 aliphatic rings. The summed E-state index contributed by atoms with van der Waals surface area (Å²) in [5, 5.41) is 44.3. The third-order valence-electron chi connectivity index (χ3n) is 1.81. The number of aliphatic hydroxyl groups excluding tert-OH is 5. The smallest absolute Gasteiger partial charge is 0.356 e. The van der Waals surface area contributed by atoms with E-state index in [4.69, 9.17) is 35.3 Å². The molecule has 96 valence electrons. The van der Waals surface area contributed by atoms with Crippen LogP contribution in [0.25, 0.3) is 0 Å². The minimum absolute atomic E-state index is 1.13. The van der Waals surface area contributed by atoms with Gasteiger partial charge in [0.1, 0.15) is 24.9 Å². The highest BCUT2D eigenvalue weighted by atomic mass is 31.2. The van der Waals surface area contributed by atoms with Gasteiger partial charge in [0.2, 0.25) is 0 Å². The third kappa shape index (κ3) is 3.89. The molecule has 0 amide bonds. The molecule has 0 aromatic rings. The van der Waals surface area contributed by atoms with Crippen molar-refractivity contribution in [1.29, 1.82) is 0 Å². The van der Waals surface area contributed by atoms with Gasteiger partial charge in [-0.1, -0.05) is 0 Å². The molecule has 9 nitrogen and oxygen atoms in total. The highest BCUT2D eigenvalue weighted by molar-refractivity contribution is 7.52. The second-order valence-electron chi connectivity index (χ2n) is 3.05. The van der Waals surface area contributed by atoms with Crippen LogP contribution in [0.2, 0.25) is 0 Å². The molecule has 0 aliphatic carbocycles. The van der Waals surface area contributed by atoms with Crippen LogP contribution in [0.4, 0.5) is 0 Å². The van der Waals surface area contributed by atoms with Crippen LogP contribution in [0.15, 0.2) is 0 Å². The van der Waals surface area contributed by atoms with E-state index in [0.29, 0.717) is 0 Å². The average molecular weight is 260 g/mol. The molecule has 0 rings (SSSR count). The lowest BCUT2D eigenvalue weighted by atomic mass is 10.1. The van der Waals surface area contributed by atoms with E-state index < -0.39 is 44.1 Å². The maximum atomic E-state index is 10.7. The zero-order chi connectivity index (χ0) is 13.1. The van der Waals surface area contributed by atoms with E-state index in [0.717, 1.165) is 0 Å². The zero-order valence-corrected chi connectivity index (χ0v) is 8.81. The van der Waals surface area contributed by atoms with Crippen LogP contribution in [-0.2, 0) is 9.36 Å². The summed E-state index contributed by atoms with van der Waals surface area (Å²) >= 11 is 0. The maximum absolute atomic E-state index is 10.7. The van der Waals surface area contributed by atoms with Crippen LogP contribution in [0.3, 0.4) is 0 Å². The molecule has 0 heterocycles. The van der Waals surface area contributed by atoms with Gasteiger partial charge in [-0.15, -0.1) is 0 Å². The highest BCUT2D eigenvalue weighted by Crippen LogP contribution is 2.41. The van der Waals surface area contributed by atoms with Crippen molar-refractivity contribution in [3.8, 4) is 0 Å². The molecule has 0 aromatic heterocycles. The number of hydrogen-bond acceptors (Lipinski definition) is 7. The number of hydrogen-bond donors (Lipinski definition) is 7. The lowest BCUT2D eigenvalue weighted by Crippen LogP contribution is -2.48. The highest BCUT2D eigenvalue weighted by Gasteiger charge is 2.41. The lowest BCUT2D eigenvalue weighted by molar-refractivity contribution is -0.144. The number of rotatable bonds is 6. The van der Waals surface area contributed by atoms with Gasteiger partial charge in [-0.2, -0.15) is 0 Å². The van der Waals surface area contributed by atoms with Crippen molar-refractivity contribution in [2.45, 2.75) is 24.2 Å². The number of ketones is 1. The predicted molar refractivity (Wildman–Crippen MR) is 48.2 cm³/mol. The summed E-state index contributed by atoms with van der Waals surface area (Å²) in [6, 6.07) is 0. The second-order valence-corrected chi connectivity index (χ2v) is 4.76. The summed E-state index contributed by atoms with van der Waals surface area (Å²) in [6.45, 7) is -1.13. The Bertz CT molecular complexity index is 286. The van der Waals surface area contributed by atoms with Crippen LogP contribution < -0.4 is 0 Å². The Hall–Kier alpha value is -0.380. The van der Waals surface area contributed by atoms with Gasteiger partial charge in [-0.05, 0) is 0 Å². The van der Waals surface area contributed by atoms with Gasteiger partial charge in [-0.3, -0.25) is 9.36 Å². The predicted octanol–water partition coefficient (Wildman–Crippen LogP) is -3.87. The molecule has 0 saturated carbocycles. The van der Waals surface area contributed by atoms with Crippen molar-refractivity contribution in [3.05, 3.63) is 0 Å². The van der Waals surface area contributed by atoms with E-state index in [2.05, 4.69) is 0 Å². The third-order valence-corrected chi connectivity index (χ3v) is 2.80. The van der Waals surface area contributed by atoms with E-state index in [-0.39, 0.29) is 0 Å². The van der Waals surface area contributed by atoms with Gasteiger partial charge in [0, 0.05) is 0 Å². The molecule has 0 spiro atoms. The Morgan fingerprint density at radius 1 is 1.06 bits per heavy atom. The maximum Gasteiger partial charge on any atom is 0.356 e. The first-order valence-corrected chi connectivity index (χ1v) is 5.72. The minimum Gasteiger partial charge on any atom is -0.388 e. The van der Waals surface area contributed by atoms with Crippen molar-refractivity contribution in [2.24, 2.45) is 0 Å². The van der Waals surface area contributed by atoms with Crippen molar-refractivity contribution in [3.63, 3.8) is 0 Å². The van der Waals surface area contributed by atoms with Gasteiger partial charge < -0.3 is 35.3 Å². The van der Waals surface area contributed by atoms with E-state index in [1.807, 2.05) is 0 Å². The first kappa shape index (κ1) is 15.6. The molecule has 16 heavy (non-hydrogen) atoms. The molecule has 0 fully saturated rings.